The van der Waals surface area contributed by atoms with Crippen molar-refractivity contribution < 1.29 is 14.6 Å². The van der Waals surface area contributed by atoms with Crippen LogP contribution in [-0.2, 0) is 6.61 Å². The van der Waals surface area contributed by atoms with Crippen LogP contribution in [0, 0.1) is 13.8 Å². The van der Waals surface area contributed by atoms with E-state index in [0.717, 1.165) is 16.8 Å². The first-order valence-corrected chi connectivity index (χ1v) is 6.95. The number of carbonyl (C=O) groups is 1. The highest BCUT2D eigenvalue weighted by atomic mass is 16.5. The van der Waals surface area contributed by atoms with Gasteiger partial charge in [0.25, 0.3) is 0 Å². The molecule has 0 fully saturated rings. The van der Waals surface area contributed by atoms with E-state index in [9.17, 15) is 4.79 Å². The van der Waals surface area contributed by atoms with E-state index in [2.05, 4.69) is 9.97 Å². The number of benzene rings is 2. The molecule has 0 bridgehead atoms. The number of hydrogen-bond acceptors (Lipinski definition) is 3. The van der Waals surface area contributed by atoms with Crippen molar-refractivity contribution in [1.29, 1.82) is 0 Å². The van der Waals surface area contributed by atoms with Gasteiger partial charge in [0.1, 0.15) is 18.2 Å². The quantitative estimate of drug-likeness (QED) is 0.773. The molecule has 0 radical (unpaired) electrons. The molecule has 0 aliphatic rings. The molecule has 0 saturated carbocycles. The molecule has 2 N–H and O–H groups in total. The van der Waals surface area contributed by atoms with E-state index in [1.54, 1.807) is 18.2 Å². The Labute approximate surface area is 127 Å². The highest BCUT2D eigenvalue weighted by Crippen LogP contribution is 2.22. The molecule has 5 nitrogen and oxygen atoms in total. The summed E-state index contributed by atoms with van der Waals surface area (Å²) in [6.07, 6.45) is 0. The lowest BCUT2D eigenvalue weighted by atomic mass is 10.1. The number of aryl methyl sites for hydroxylation is 1. The van der Waals surface area contributed by atoms with Crippen molar-refractivity contribution in [1.82, 2.24) is 9.97 Å². The fourth-order valence-electron chi connectivity index (χ4n) is 2.29. The number of carboxylic acids is 1. The Balaban J connectivity index is 1.82. The number of carboxylic acid groups (broad SMARTS) is 1. The van der Waals surface area contributed by atoms with Gasteiger partial charge in [-0.3, -0.25) is 0 Å². The van der Waals surface area contributed by atoms with Crippen LogP contribution in [0.15, 0.2) is 36.4 Å². The normalized spacial score (nSPS) is 10.8. The molecular formula is C17H16N2O3. The Bertz CT molecular complexity index is 852. The van der Waals surface area contributed by atoms with Gasteiger partial charge in [0.05, 0.1) is 16.6 Å². The second kappa shape index (κ2) is 5.52. The minimum Gasteiger partial charge on any atom is -0.485 e. The molecule has 0 amide bonds. The van der Waals surface area contributed by atoms with Gasteiger partial charge >= 0.3 is 5.97 Å². The van der Waals surface area contributed by atoms with E-state index in [1.807, 2.05) is 32.0 Å². The first kappa shape index (κ1) is 14.1. The van der Waals surface area contributed by atoms with Crippen LogP contribution >= 0.6 is 0 Å². The maximum absolute atomic E-state index is 11.0. The Morgan fingerprint density at radius 3 is 2.86 bits per heavy atom. The third-order valence-electron chi connectivity index (χ3n) is 3.70. The number of rotatable bonds is 4. The lowest BCUT2D eigenvalue weighted by Gasteiger charge is -2.09. The molecule has 0 saturated heterocycles. The minimum absolute atomic E-state index is 0.234. The molecule has 22 heavy (non-hydrogen) atoms. The predicted molar refractivity (Wildman–Crippen MR) is 83.3 cm³/mol. The molecule has 0 atom stereocenters. The van der Waals surface area contributed by atoms with Crippen LogP contribution < -0.4 is 4.74 Å². The Kier molecular flexibility index (Phi) is 3.55. The number of fused-ring (bicyclic) bond motifs is 1. The monoisotopic (exact) mass is 296 g/mol. The van der Waals surface area contributed by atoms with Crippen LogP contribution in [0.2, 0.25) is 0 Å². The molecule has 2 aromatic carbocycles. The van der Waals surface area contributed by atoms with Crippen molar-refractivity contribution in [2.45, 2.75) is 20.5 Å². The summed E-state index contributed by atoms with van der Waals surface area (Å²) in [4.78, 5) is 18.5. The zero-order valence-electron chi connectivity index (χ0n) is 12.4. The second-order valence-electron chi connectivity index (χ2n) is 5.21. The van der Waals surface area contributed by atoms with Gasteiger partial charge in [-0.05, 0) is 49.2 Å². The van der Waals surface area contributed by atoms with Gasteiger partial charge in [0, 0.05) is 0 Å². The molecule has 0 aliphatic carbocycles. The highest BCUT2D eigenvalue weighted by Gasteiger charge is 2.09. The summed E-state index contributed by atoms with van der Waals surface area (Å²) >= 11 is 0. The molecule has 3 rings (SSSR count). The summed E-state index contributed by atoms with van der Waals surface area (Å²) in [6.45, 7) is 4.36. The zero-order valence-corrected chi connectivity index (χ0v) is 12.4. The van der Waals surface area contributed by atoms with Gasteiger partial charge < -0.3 is 14.8 Å². The van der Waals surface area contributed by atoms with Crippen LogP contribution in [0.5, 0.6) is 5.75 Å². The maximum atomic E-state index is 11.0. The summed E-state index contributed by atoms with van der Waals surface area (Å²) in [6, 6.07) is 10.7. The highest BCUT2D eigenvalue weighted by molar-refractivity contribution is 5.92. The Hall–Kier alpha value is -2.82. The van der Waals surface area contributed by atoms with E-state index in [4.69, 9.17) is 9.84 Å². The zero-order chi connectivity index (χ0) is 15.7. The van der Waals surface area contributed by atoms with Crippen LogP contribution in [-0.4, -0.2) is 21.0 Å². The summed E-state index contributed by atoms with van der Waals surface area (Å²) in [5, 5.41) is 9.00. The van der Waals surface area contributed by atoms with E-state index in [0.29, 0.717) is 17.9 Å². The minimum atomic E-state index is -0.954. The number of aromatic carboxylic acids is 1. The topological polar surface area (TPSA) is 75.2 Å². The van der Waals surface area contributed by atoms with Crippen molar-refractivity contribution in [2.75, 3.05) is 0 Å². The number of ether oxygens (including phenoxy) is 1. The number of hydrogen-bond donors (Lipinski definition) is 2. The van der Waals surface area contributed by atoms with Crippen molar-refractivity contribution in [3.8, 4) is 5.75 Å². The van der Waals surface area contributed by atoms with Crippen molar-refractivity contribution in [2.24, 2.45) is 0 Å². The molecule has 5 heteroatoms. The molecule has 0 spiro atoms. The Morgan fingerprint density at radius 1 is 1.27 bits per heavy atom. The van der Waals surface area contributed by atoms with E-state index < -0.39 is 5.97 Å². The van der Waals surface area contributed by atoms with E-state index in [-0.39, 0.29) is 5.56 Å². The second-order valence-corrected chi connectivity index (χ2v) is 5.21. The summed E-state index contributed by atoms with van der Waals surface area (Å²) in [7, 11) is 0. The van der Waals surface area contributed by atoms with Gasteiger partial charge in [0.2, 0.25) is 0 Å². The number of H-pyrrole nitrogens is 1. The number of imidazole rings is 1. The number of aromatic amines is 1. The average molecular weight is 296 g/mol. The molecule has 112 valence electrons. The lowest BCUT2D eigenvalue weighted by molar-refractivity contribution is 0.0697. The number of nitrogens with zero attached hydrogens (tertiary/aromatic N) is 1. The third-order valence-corrected chi connectivity index (χ3v) is 3.70. The molecule has 0 unspecified atom stereocenters. The lowest BCUT2D eigenvalue weighted by Crippen LogP contribution is -1.99. The number of aromatic nitrogens is 2. The van der Waals surface area contributed by atoms with Crippen molar-refractivity contribution in [3.63, 3.8) is 0 Å². The molecule has 1 heterocycles. The van der Waals surface area contributed by atoms with E-state index >= 15 is 0 Å². The summed E-state index contributed by atoms with van der Waals surface area (Å²) in [5.41, 5.74) is 3.93. The first-order valence-electron chi connectivity index (χ1n) is 6.95. The molecule has 0 aliphatic heterocycles. The van der Waals surface area contributed by atoms with Crippen molar-refractivity contribution >= 4 is 17.0 Å². The van der Waals surface area contributed by atoms with Gasteiger partial charge in [-0.15, -0.1) is 0 Å². The van der Waals surface area contributed by atoms with Gasteiger partial charge in [-0.2, -0.15) is 0 Å². The average Bonchev–Trinajstić information content (AvgIpc) is 2.90. The van der Waals surface area contributed by atoms with Gasteiger partial charge in [0.15, 0.2) is 0 Å². The largest absolute Gasteiger partial charge is 0.485 e. The smallest absolute Gasteiger partial charge is 0.335 e. The van der Waals surface area contributed by atoms with Gasteiger partial charge in [-0.1, -0.05) is 12.1 Å². The number of nitrogens with one attached hydrogen (secondary N) is 1. The fraction of sp³-hybridized carbons (Fsp3) is 0.176. The van der Waals surface area contributed by atoms with Crippen molar-refractivity contribution in [3.05, 3.63) is 58.9 Å². The maximum Gasteiger partial charge on any atom is 0.335 e. The van der Waals surface area contributed by atoms with Gasteiger partial charge in [-0.25, -0.2) is 9.78 Å². The first-order chi connectivity index (χ1) is 10.5. The van der Waals surface area contributed by atoms with Crippen LogP contribution in [0.4, 0.5) is 0 Å². The SMILES string of the molecule is Cc1cccc(OCc2nc3ccc(C(=O)O)cc3[nH]2)c1C. The summed E-state index contributed by atoms with van der Waals surface area (Å²) < 4.78 is 5.80. The Morgan fingerprint density at radius 2 is 2.09 bits per heavy atom. The predicted octanol–water partition coefficient (Wildman–Crippen LogP) is 3.46. The fourth-order valence-corrected chi connectivity index (χ4v) is 2.29. The van der Waals surface area contributed by atoms with Crippen LogP contribution in [0.25, 0.3) is 11.0 Å². The van der Waals surface area contributed by atoms with E-state index in [1.165, 1.54) is 5.56 Å². The molecule has 3 aromatic rings. The standard InChI is InChI=1S/C17H16N2O3/c1-10-4-3-5-15(11(10)2)22-9-16-18-13-7-6-12(17(20)21)8-14(13)19-16/h3-8H,9H2,1-2H3,(H,18,19)(H,20,21). The van der Waals surface area contributed by atoms with Crippen LogP contribution in [0.3, 0.4) is 0 Å². The summed E-state index contributed by atoms with van der Waals surface area (Å²) in [5.74, 6) is 0.537. The molecular weight excluding hydrogens is 280 g/mol. The third kappa shape index (κ3) is 2.65. The van der Waals surface area contributed by atoms with Crippen LogP contribution in [0.1, 0.15) is 27.3 Å². The molecule has 1 aromatic heterocycles.